The molecule has 0 aromatic heterocycles. The standard InChI is InChI=1S/C11H14N2O/c1-2-13-10(9(12)11(13)14)8-6-4-3-5-7-8/h3-7,9-10H,2,12H2,1H3/t9-,10+/m0/s1. The van der Waals surface area contributed by atoms with Crippen molar-refractivity contribution in [1.29, 1.82) is 0 Å². The molecule has 3 heteroatoms. The molecule has 1 aliphatic rings. The molecule has 1 aliphatic heterocycles. The lowest BCUT2D eigenvalue weighted by molar-refractivity contribution is -0.149. The smallest absolute Gasteiger partial charge is 0.242 e. The molecule has 1 heterocycles. The average molecular weight is 190 g/mol. The van der Waals surface area contributed by atoms with Crippen LogP contribution in [0.5, 0.6) is 0 Å². The lowest BCUT2D eigenvalue weighted by atomic mass is 9.89. The summed E-state index contributed by atoms with van der Waals surface area (Å²) in [7, 11) is 0. The molecule has 2 rings (SSSR count). The minimum absolute atomic E-state index is 0.0568. The van der Waals surface area contributed by atoms with Gasteiger partial charge in [0.25, 0.3) is 0 Å². The molecule has 0 bridgehead atoms. The van der Waals surface area contributed by atoms with Crippen molar-refractivity contribution in [2.45, 2.75) is 19.0 Å². The third-order valence-electron chi connectivity index (χ3n) is 2.73. The van der Waals surface area contributed by atoms with Crippen LogP contribution in [-0.2, 0) is 4.79 Å². The zero-order valence-corrected chi connectivity index (χ0v) is 8.18. The van der Waals surface area contributed by atoms with Gasteiger partial charge in [0.15, 0.2) is 0 Å². The van der Waals surface area contributed by atoms with Crippen LogP contribution in [-0.4, -0.2) is 23.4 Å². The zero-order valence-electron chi connectivity index (χ0n) is 8.18. The van der Waals surface area contributed by atoms with E-state index in [4.69, 9.17) is 5.73 Å². The Balaban J connectivity index is 2.23. The minimum Gasteiger partial charge on any atom is -0.332 e. The molecule has 74 valence electrons. The Kier molecular flexibility index (Phi) is 2.25. The van der Waals surface area contributed by atoms with Gasteiger partial charge in [-0.25, -0.2) is 0 Å². The van der Waals surface area contributed by atoms with Gasteiger partial charge >= 0.3 is 0 Å². The van der Waals surface area contributed by atoms with Gasteiger partial charge in [-0.1, -0.05) is 30.3 Å². The Morgan fingerprint density at radius 3 is 2.57 bits per heavy atom. The minimum atomic E-state index is -0.350. The number of nitrogens with two attached hydrogens (primary N) is 1. The van der Waals surface area contributed by atoms with Gasteiger partial charge in [-0.2, -0.15) is 0 Å². The van der Waals surface area contributed by atoms with Gasteiger partial charge in [0.2, 0.25) is 5.91 Å². The fourth-order valence-electron chi connectivity index (χ4n) is 1.97. The Hall–Kier alpha value is -1.35. The lowest BCUT2D eigenvalue weighted by Crippen LogP contribution is -2.62. The second-order valence-corrected chi connectivity index (χ2v) is 3.51. The number of carbonyl (C=O) groups is 1. The summed E-state index contributed by atoms with van der Waals surface area (Å²) in [6, 6.07) is 9.66. The fourth-order valence-corrected chi connectivity index (χ4v) is 1.97. The van der Waals surface area contributed by atoms with Crippen LogP contribution in [0.3, 0.4) is 0 Å². The summed E-state index contributed by atoms with van der Waals surface area (Å²) in [5.41, 5.74) is 6.90. The summed E-state index contributed by atoms with van der Waals surface area (Å²) in [5, 5.41) is 0. The summed E-state index contributed by atoms with van der Waals surface area (Å²) in [4.78, 5) is 13.2. The van der Waals surface area contributed by atoms with Gasteiger partial charge in [0, 0.05) is 6.54 Å². The van der Waals surface area contributed by atoms with E-state index in [9.17, 15) is 4.79 Å². The number of benzene rings is 1. The average Bonchev–Trinajstić information content (AvgIpc) is 2.25. The molecule has 0 saturated carbocycles. The summed E-state index contributed by atoms with van der Waals surface area (Å²) < 4.78 is 0. The van der Waals surface area contributed by atoms with Gasteiger partial charge in [0.05, 0.1) is 6.04 Å². The van der Waals surface area contributed by atoms with Gasteiger partial charge < -0.3 is 10.6 Å². The quantitative estimate of drug-likeness (QED) is 0.705. The molecule has 14 heavy (non-hydrogen) atoms. The molecular weight excluding hydrogens is 176 g/mol. The van der Waals surface area contributed by atoms with E-state index in [2.05, 4.69) is 0 Å². The first-order valence-electron chi connectivity index (χ1n) is 4.86. The number of likely N-dealkylation sites (tertiary alicyclic amines) is 1. The number of nitrogens with zero attached hydrogens (tertiary/aromatic N) is 1. The van der Waals surface area contributed by atoms with Crippen molar-refractivity contribution in [2.75, 3.05) is 6.54 Å². The van der Waals surface area contributed by atoms with Gasteiger partial charge in [-0.05, 0) is 12.5 Å². The number of β-lactam (4-membered cyclic amide) rings is 1. The predicted octanol–water partition coefficient (Wildman–Crippen LogP) is 0.917. The van der Waals surface area contributed by atoms with Crippen LogP contribution in [0.2, 0.25) is 0 Å². The Bertz CT molecular complexity index is 336. The summed E-state index contributed by atoms with van der Waals surface area (Å²) in [6.07, 6.45) is 0. The van der Waals surface area contributed by atoms with E-state index in [-0.39, 0.29) is 18.0 Å². The number of amides is 1. The molecule has 2 atom stereocenters. The highest BCUT2D eigenvalue weighted by Gasteiger charge is 2.44. The van der Waals surface area contributed by atoms with Gasteiger partial charge in [-0.15, -0.1) is 0 Å². The molecule has 0 spiro atoms. The second kappa shape index (κ2) is 3.42. The van der Waals surface area contributed by atoms with Gasteiger partial charge in [0.1, 0.15) is 6.04 Å². The number of hydrogen-bond acceptors (Lipinski definition) is 2. The first kappa shape index (κ1) is 9.21. The molecular formula is C11H14N2O. The fraction of sp³-hybridized carbons (Fsp3) is 0.364. The van der Waals surface area contributed by atoms with Crippen molar-refractivity contribution in [2.24, 2.45) is 5.73 Å². The number of hydrogen-bond donors (Lipinski definition) is 1. The topological polar surface area (TPSA) is 46.3 Å². The second-order valence-electron chi connectivity index (χ2n) is 3.51. The molecule has 1 saturated heterocycles. The Morgan fingerprint density at radius 2 is 2.00 bits per heavy atom. The predicted molar refractivity (Wildman–Crippen MR) is 54.5 cm³/mol. The molecule has 1 aromatic carbocycles. The Labute approximate surface area is 83.5 Å². The van der Waals surface area contributed by atoms with Gasteiger partial charge in [-0.3, -0.25) is 4.79 Å². The third-order valence-corrected chi connectivity index (χ3v) is 2.73. The van der Waals surface area contributed by atoms with Crippen molar-refractivity contribution < 1.29 is 4.79 Å². The highest BCUT2D eigenvalue weighted by molar-refractivity contribution is 5.89. The molecule has 0 unspecified atom stereocenters. The van der Waals surface area contributed by atoms with E-state index >= 15 is 0 Å². The van der Waals surface area contributed by atoms with Crippen LogP contribution in [0.1, 0.15) is 18.5 Å². The van der Waals surface area contributed by atoms with Crippen molar-refractivity contribution in [3.63, 3.8) is 0 Å². The van der Waals surface area contributed by atoms with Crippen LogP contribution >= 0.6 is 0 Å². The SMILES string of the molecule is CCN1C(=O)[C@@H](N)[C@H]1c1ccccc1. The van der Waals surface area contributed by atoms with Crippen LogP contribution in [0.15, 0.2) is 30.3 Å². The van der Waals surface area contributed by atoms with Crippen LogP contribution in [0.25, 0.3) is 0 Å². The highest BCUT2D eigenvalue weighted by atomic mass is 16.2. The molecule has 1 amide bonds. The summed E-state index contributed by atoms with van der Waals surface area (Å²) >= 11 is 0. The largest absolute Gasteiger partial charge is 0.332 e. The van der Waals surface area contributed by atoms with E-state index < -0.39 is 0 Å². The molecule has 3 nitrogen and oxygen atoms in total. The molecule has 0 radical (unpaired) electrons. The molecule has 1 aromatic rings. The van der Waals surface area contributed by atoms with Crippen molar-refractivity contribution in [1.82, 2.24) is 4.90 Å². The van der Waals surface area contributed by atoms with Crippen LogP contribution in [0, 0.1) is 0 Å². The maximum absolute atomic E-state index is 11.4. The molecule has 1 fully saturated rings. The number of carbonyl (C=O) groups excluding carboxylic acids is 1. The normalized spacial score (nSPS) is 26.1. The molecule has 2 N–H and O–H groups in total. The van der Waals surface area contributed by atoms with Crippen molar-refractivity contribution in [3.8, 4) is 0 Å². The zero-order chi connectivity index (χ0) is 10.1. The first-order chi connectivity index (χ1) is 6.75. The van der Waals surface area contributed by atoms with E-state index in [1.165, 1.54) is 0 Å². The molecule has 0 aliphatic carbocycles. The highest BCUT2D eigenvalue weighted by Crippen LogP contribution is 2.32. The number of rotatable bonds is 2. The third kappa shape index (κ3) is 1.21. The maximum Gasteiger partial charge on any atom is 0.242 e. The van der Waals surface area contributed by atoms with E-state index in [1.54, 1.807) is 4.90 Å². The first-order valence-corrected chi connectivity index (χ1v) is 4.86. The monoisotopic (exact) mass is 190 g/mol. The summed E-state index contributed by atoms with van der Waals surface area (Å²) in [5.74, 6) is 0.0568. The van der Waals surface area contributed by atoms with Crippen LogP contribution < -0.4 is 5.73 Å². The van der Waals surface area contributed by atoms with Crippen molar-refractivity contribution in [3.05, 3.63) is 35.9 Å². The Morgan fingerprint density at radius 1 is 1.36 bits per heavy atom. The lowest BCUT2D eigenvalue weighted by Gasteiger charge is -2.45. The number of likely N-dealkylation sites (N-methyl/N-ethyl adjacent to an activating group) is 1. The van der Waals surface area contributed by atoms with E-state index in [0.717, 1.165) is 12.1 Å². The van der Waals surface area contributed by atoms with E-state index in [1.807, 2.05) is 37.3 Å². The van der Waals surface area contributed by atoms with Crippen molar-refractivity contribution >= 4 is 5.91 Å². The maximum atomic E-state index is 11.4. The summed E-state index contributed by atoms with van der Waals surface area (Å²) in [6.45, 7) is 2.70. The van der Waals surface area contributed by atoms with E-state index in [0.29, 0.717) is 0 Å². The van der Waals surface area contributed by atoms with Crippen LogP contribution in [0.4, 0.5) is 0 Å².